The van der Waals surface area contributed by atoms with Gasteiger partial charge in [0, 0.05) is 67.1 Å². The Morgan fingerprint density at radius 2 is 1.85 bits per heavy atom. The van der Waals surface area contributed by atoms with E-state index in [0.717, 1.165) is 58.1 Å². The number of hydrogen-bond donors (Lipinski definition) is 1. The molecule has 39 heavy (non-hydrogen) atoms. The largest absolute Gasteiger partial charge is 0.491 e. The molecule has 1 aliphatic heterocycles. The first kappa shape index (κ1) is 25.8. The molecule has 0 bridgehead atoms. The van der Waals surface area contributed by atoms with Gasteiger partial charge in [-0.2, -0.15) is 0 Å². The molecule has 9 heteroatoms. The van der Waals surface area contributed by atoms with Crippen LogP contribution in [-0.2, 0) is 11.3 Å². The molecule has 1 atom stereocenters. The Balaban J connectivity index is 1.07. The van der Waals surface area contributed by atoms with E-state index < -0.39 is 6.10 Å². The number of carbonyl (C=O) groups excluding carboxylic acids is 1. The molecular weight excluding hydrogens is 510 g/mol. The van der Waals surface area contributed by atoms with Crippen LogP contribution in [0.5, 0.6) is 5.75 Å². The van der Waals surface area contributed by atoms with Gasteiger partial charge in [-0.3, -0.25) is 9.69 Å². The van der Waals surface area contributed by atoms with Crippen molar-refractivity contribution in [3.8, 4) is 5.75 Å². The van der Waals surface area contributed by atoms with Crippen molar-refractivity contribution in [2.75, 3.05) is 44.3 Å². The minimum absolute atomic E-state index is 0.223. The average molecular weight is 544 g/mol. The monoisotopic (exact) mass is 543 g/mol. The van der Waals surface area contributed by atoms with Crippen LogP contribution in [0.3, 0.4) is 0 Å². The summed E-state index contributed by atoms with van der Waals surface area (Å²) in [5, 5.41) is 17.8. The number of thiazole rings is 1. The smallest absolute Gasteiger partial charge is 0.228 e. The Labute approximate surface area is 231 Å². The van der Waals surface area contributed by atoms with Gasteiger partial charge in [0.05, 0.1) is 20.9 Å². The number of anilines is 1. The highest BCUT2D eigenvalue weighted by Gasteiger charge is 2.24. The van der Waals surface area contributed by atoms with E-state index >= 15 is 0 Å². The molecule has 1 saturated heterocycles. The van der Waals surface area contributed by atoms with Crippen LogP contribution in [0.25, 0.3) is 32.0 Å². The predicted molar refractivity (Wildman–Crippen MR) is 158 cm³/mol. The maximum Gasteiger partial charge on any atom is 0.228 e. The Hall–Kier alpha value is -3.50. The molecule has 0 radical (unpaired) electrons. The van der Waals surface area contributed by atoms with Crippen molar-refractivity contribution in [2.45, 2.75) is 26.5 Å². The minimum Gasteiger partial charge on any atom is -0.491 e. The third-order valence-electron chi connectivity index (χ3n) is 7.47. The normalized spacial score (nSPS) is 15.8. The molecule has 6 rings (SSSR count). The molecule has 0 aliphatic carbocycles. The van der Waals surface area contributed by atoms with E-state index in [4.69, 9.17) is 4.74 Å². The number of hydrazine groups is 1. The number of piperazine rings is 1. The molecule has 3 heterocycles. The number of aryl methyl sites for hydroxylation is 2. The number of aliphatic hydroxyl groups excluding tert-OH is 1. The standard InChI is InChI=1S/C30H33N5O3S/c1-3-34-28-7-5-4-6-25(28)26-16-22(8-10-29(26)34)35(20-36)33-14-12-32(13-15-33)18-23(37)19-38-24-9-11-30-27(17-24)31-21(2)39-30/h4-11,16-17,20,23,37H,3,12-15,18-19H2,1-2H3/t23-/m1/s1. The molecule has 1 N–H and O–H groups in total. The second-order valence-corrected chi connectivity index (χ2v) is 11.2. The number of rotatable bonds is 9. The summed E-state index contributed by atoms with van der Waals surface area (Å²) in [5.74, 6) is 0.720. The van der Waals surface area contributed by atoms with Crippen molar-refractivity contribution in [1.82, 2.24) is 19.5 Å². The lowest BCUT2D eigenvalue weighted by Crippen LogP contribution is -2.55. The number of fused-ring (bicyclic) bond motifs is 4. The summed E-state index contributed by atoms with van der Waals surface area (Å²) in [4.78, 5) is 19.0. The van der Waals surface area contributed by atoms with Gasteiger partial charge in [0.25, 0.3) is 0 Å². The molecule has 5 aromatic rings. The third-order valence-corrected chi connectivity index (χ3v) is 8.42. The molecule has 202 valence electrons. The first-order chi connectivity index (χ1) is 19.0. The zero-order valence-corrected chi connectivity index (χ0v) is 23.1. The van der Waals surface area contributed by atoms with Crippen LogP contribution in [0, 0.1) is 6.92 Å². The number of benzene rings is 3. The number of para-hydroxylation sites is 1. The zero-order chi connectivity index (χ0) is 26.9. The number of aliphatic hydroxyl groups is 1. The van der Waals surface area contributed by atoms with E-state index in [1.54, 1.807) is 16.3 Å². The van der Waals surface area contributed by atoms with Crippen molar-refractivity contribution >= 4 is 55.5 Å². The summed E-state index contributed by atoms with van der Waals surface area (Å²) in [6.45, 7) is 8.68. The van der Waals surface area contributed by atoms with Crippen LogP contribution < -0.4 is 9.75 Å². The van der Waals surface area contributed by atoms with Crippen LogP contribution >= 0.6 is 11.3 Å². The molecule has 1 fully saturated rings. The summed E-state index contributed by atoms with van der Waals surface area (Å²) in [7, 11) is 0. The molecule has 0 spiro atoms. The molecule has 8 nitrogen and oxygen atoms in total. The number of carbonyl (C=O) groups is 1. The fraction of sp³-hybridized carbons (Fsp3) is 0.333. The predicted octanol–water partition coefficient (Wildman–Crippen LogP) is 4.67. The van der Waals surface area contributed by atoms with E-state index in [9.17, 15) is 9.90 Å². The second kappa shape index (κ2) is 10.9. The fourth-order valence-electron chi connectivity index (χ4n) is 5.61. The fourth-order valence-corrected chi connectivity index (χ4v) is 6.41. The van der Waals surface area contributed by atoms with Gasteiger partial charge in [-0.15, -0.1) is 11.3 Å². The molecular formula is C30H33N5O3S. The highest BCUT2D eigenvalue weighted by molar-refractivity contribution is 7.18. The topological polar surface area (TPSA) is 74.1 Å². The number of aromatic nitrogens is 2. The van der Waals surface area contributed by atoms with Crippen LogP contribution in [-0.4, -0.2) is 76.4 Å². The Morgan fingerprint density at radius 3 is 2.64 bits per heavy atom. The zero-order valence-electron chi connectivity index (χ0n) is 22.3. The Bertz CT molecular complexity index is 1620. The van der Waals surface area contributed by atoms with E-state index in [1.165, 1.54) is 16.4 Å². The number of ether oxygens (including phenoxy) is 1. The Morgan fingerprint density at radius 1 is 1.05 bits per heavy atom. The lowest BCUT2D eigenvalue weighted by Gasteiger charge is -2.39. The van der Waals surface area contributed by atoms with Gasteiger partial charge in [0.1, 0.15) is 18.5 Å². The maximum absolute atomic E-state index is 12.2. The maximum atomic E-state index is 12.2. The van der Waals surface area contributed by atoms with Crippen LogP contribution in [0.4, 0.5) is 5.69 Å². The lowest BCUT2D eigenvalue weighted by molar-refractivity contribution is -0.110. The highest BCUT2D eigenvalue weighted by Crippen LogP contribution is 2.32. The third kappa shape index (κ3) is 5.10. The number of β-amino-alcohol motifs (C(OH)–C–C–N with tert-alkyl or cyclic N) is 1. The van der Waals surface area contributed by atoms with Gasteiger partial charge in [0.2, 0.25) is 6.41 Å². The van der Waals surface area contributed by atoms with Crippen molar-refractivity contribution in [3.05, 3.63) is 65.7 Å². The molecule has 3 aromatic carbocycles. The van der Waals surface area contributed by atoms with Crippen LogP contribution in [0.2, 0.25) is 0 Å². The molecule has 0 unspecified atom stereocenters. The number of hydrogen-bond acceptors (Lipinski definition) is 7. The van der Waals surface area contributed by atoms with Crippen LogP contribution in [0.1, 0.15) is 11.9 Å². The summed E-state index contributed by atoms with van der Waals surface area (Å²) in [6.07, 6.45) is 0.295. The van der Waals surface area contributed by atoms with Gasteiger partial charge in [0.15, 0.2) is 0 Å². The molecule has 1 amide bonds. The van der Waals surface area contributed by atoms with E-state index in [0.29, 0.717) is 19.6 Å². The minimum atomic E-state index is -0.607. The molecule has 1 aliphatic rings. The number of nitrogens with zero attached hydrogens (tertiary/aromatic N) is 5. The van der Waals surface area contributed by atoms with Gasteiger partial charge < -0.3 is 14.4 Å². The van der Waals surface area contributed by atoms with Crippen molar-refractivity contribution in [3.63, 3.8) is 0 Å². The van der Waals surface area contributed by atoms with E-state index in [2.05, 4.69) is 62.8 Å². The highest BCUT2D eigenvalue weighted by atomic mass is 32.1. The van der Waals surface area contributed by atoms with Crippen molar-refractivity contribution < 1.29 is 14.6 Å². The van der Waals surface area contributed by atoms with Gasteiger partial charge in [-0.25, -0.2) is 15.0 Å². The van der Waals surface area contributed by atoms with E-state index in [1.807, 2.05) is 31.2 Å². The van der Waals surface area contributed by atoms with Crippen molar-refractivity contribution in [2.24, 2.45) is 0 Å². The SMILES string of the molecule is CCn1c2ccccc2c2cc(N(C=O)N3CCN(C[C@@H](O)COc4ccc5sc(C)nc5c4)CC3)ccc21. The van der Waals surface area contributed by atoms with Crippen LogP contribution in [0.15, 0.2) is 60.7 Å². The summed E-state index contributed by atoms with van der Waals surface area (Å²) < 4.78 is 9.30. The first-order valence-corrected chi connectivity index (χ1v) is 14.3. The first-order valence-electron chi connectivity index (χ1n) is 13.4. The average Bonchev–Trinajstić information content (AvgIpc) is 3.49. The van der Waals surface area contributed by atoms with E-state index in [-0.39, 0.29) is 6.61 Å². The van der Waals surface area contributed by atoms with Crippen molar-refractivity contribution in [1.29, 1.82) is 0 Å². The van der Waals surface area contributed by atoms with Gasteiger partial charge >= 0.3 is 0 Å². The Kier molecular flexibility index (Phi) is 7.22. The quantitative estimate of drug-likeness (QED) is 0.273. The summed E-state index contributed by atoms with van der Waals surface area (Å²) in [5.41, 5.74) is 4.18. The molecule has 2 aromatic heterocycles. The number of amides is 1. The van der Waals surface area contributed by atoms with Gasteiger partial charge in [-0.1, -0.05) is 18.2 Å². The second-order valence-electron chi connectivity index (χ2n) is 9.99. The molecule has 0 saturated carbocycles. The summed E-state index contributed by atoms with van der Waals surface area (Å²) in [6, 6.07) is 20.5. The lowest BCUT2D eigenvalue weighted by atomic mass is 10.1. The van der Waals surface area contributed by atoms with Gasteiger partial charge in [-0.05, 0) is 50.2 Å². The summed E-state index contributed by atoms with van der Waals surface area (Å²) >= 11 is 1.66.